The van der Waals surface area contributed by atoms with Gasteiger partial charge in [0, 0.05) is 38.8 Å². The quantitative estimate of drug-likeness (QED) is 0.0643. The molecule has 0 aliphatic rings. The Morgan fingerprint density at radius 3 is 1.46 bits per heavy atom. The molecule has 0 saturated heterocycles. The second-order valence-corrected chi connectivity index (χ2v) is 9.43. The van der Waals surface area contributed by atoms with Gasteiger partial charge in [-0.05, 0) is 20.8 Å². The highest BCUT2D eigenvalue weighted by Gasteiger charge is 2.19. The molecule has 0 aliphatic heterocycles. The average molecular weight is 593 g/mol. The van der Waals surface area contributed by atoms with Crippen molar-refractivity contribution in [2.24, 2.45) is 0 Å². The molecule has 0 unspecified atom stereocenters. The third-order valence-corrected chi connectivity index (χ3v) is 4.83. The van der Waals surface area contributed by atoms with Crippen LogP contribution < -0.4 is 16.0 Å². The molecule has 41 heavy (non-hydrogen) atoms. The number of nitrogens with one attached hydrogen (secondary N) is 3. The fourth-order valence-electron chi connectivity index (χ4n) is 2.69. The maximum Gasteiger partial charge on any atom is 0.408 e. The van der Waals surface area contributed by atoms with Crippen LogP contribution >= 0.6 is 0 Å². The zero-order valence-corrected chi connectivity index (χ0v) is 23.6. The third kappa shape index (κ3) is 18.8. The van der Waals surface area contributed by atoms with E-state index in [2.05, 4.69) is 20.7 Å². The molecular formula is C23H40N6O12. The number of hydrogen-bond donors (Lipinski definition) is 6. The largest absolute Gasteiger partial charge is 0.469 e. The average Bonchev–Trinajstić information content (AvgIpc) is 2.90. The molecule has 0 aliphatic carbocycles. The predicted octanol–water partition coefficient (Wildman–Crippen LogP) is -1.48. The zero-order chi connectivity index (χ0) is 31.6. The maximum atomic E-state index is 12.0. The summed E-state index contributed by atoms with van der Waals surface area (Å²) in [6.07, 6.45) is -2.22. The minimum Gasteiger partial charge on any atom is -0.469 e. The SMILES string of the molecule is COC(=O)CCN(O)C(=O)CCNC(=O)CCN(O)C(=O)CCNC(=O)CCN(O)C(=O)CNC(=O)OC(C)(C)C. The molecule has 6 amide bonds. The number of nitrogens with zero attached hydrogens (tertiary/aromatic N) is 3. The highest BCUT2D eigenvalue weighted by Crippen LogP contribution is 2.06. The van der Waals surface area contributed by atoms with Gasteiger partial charge in [-0.15, -0.1) is 0 Å². The van der Waals surface area contributed by atoms with Crippen molar-refractivity contribution in [3.05, 3.63) is 0 Å². The fourth-order valence-corrected chi connectivity index (χ4v) is 2.69. The lowest BCUT2D eigenvalue weighted by Gasteiger charge is -2.20. The van der Waals surface area contributed by atoms with Crippen LogP contribution in [0.3, 0.4) is 0 Å². The van der Waals surface area contributed by atoms with E-state index in [1.807, 2.05) is 0 Å². The van der Waals surface area contributed by atoms with Crippen molar-refractivity contribution in [1.82, 2.24) is 31.1 Å². The van der Waals surface area contributed by atoms with E-state index in [0.717, 1.165) is 0 Å². The van der Waals surface area contributed by atoms with Crippen molar-refractivity contribution in [3.8, 4) is 0 Å². The molecule has 0 fully saturated rings. The van der Waals surface area contributed by atoms with E-state index < -0.39 is 53.7 Å². The van der Waals surface area contributed by atoms with Gasteiger partial charge in [0.1, 0.15) is 12.1 Å². The van der Waals surface area contributed by atoms with Crippen LogP contribution in [-0.2, 0) is 38.2 Å². The van der Waals surface area contributed by atoms with Crippen LogP contribution in [0.25, 0.3) is 0 Å². The Morgan fingerprint density at radius 1 is 0.634 bits per heavy atom. The van der Waals surface area contributed by atoms with Crippen molar-refractivity contribution in [3.63, 3.8) is 0 Å². The number of esters is 1. The molecule has 0 heterocycles. The molecule has 0 bridgehead atoms. The van der Waals surface area contributed by atoms with Gasteiger partial charge in [-0.2, -0.15) is 0 Å². The Balaban J connectivity index is 4.09. The van der Waals surface area contributed by atoms with E-state index in [-0.39, 0.29) is 69.9 Å². The molecule has 18 nitrogen and oxygen atoms in total. The molecule has 6 N–H and O–H groups in total. The number of alkyl carbamates (subject to hydrolysis) is 1. The van der Waals surface area contributed by atoms with Gasteiger partial charge in [-0.25, -0.2) is 20.0 Å². The first kappa shape index (κ1) is 37.0. The number of hydroxylamine groups is 6. The molecule has 0 spiro atoms. The number of rotatable bonds is 17. The molecule has 0 atom stereocenters. The number of methoxy groups -OCH3 is 1. The summed E-state index contributed by atoms with van der Waals surface area (Å²) in [7, 11) is 1.17. The van der Waals surface area contributed by atoms with Crippen molar-refractivity contribution >= 4 is 41.6 Å². The van der Waals surface area contributed by atoms with Gasteiger partial charge in [0.15, 0.2) is 0 Å². The summed E-state index contributed by atoms with van der Waals surface area (Å²) in [6, 6.07) is 0. The Hall–Kier alpha value is -4.03. The van der Waals surface area contributed by atoms with E-state index >= 15 is 0 Å². The van der Waals surface area contributed by atoms with Crippen LogP contribution in [-0.4, -0.2) is 124 Å². The highest BCUT2D eigenvalue weighted by atomic mass is 16.6. The standard InChI is InChI=1S/C23H40N6O12/c1-23(2,3)41-22(36)26-15-20(34)29(39)13-8-17(31)25-10-5-18(32)27(37)12-7-16(30)24-11-6-19(33)28(38)14-9-21(35)40-4/h37-39H,5-15H2,1-4H3,(H,24,30)(H,25,31)(H,26,36). The first-order valence-corrected chi connectivity index (χ1v) is 12.6. The number of ether oxygens (including phenoxy) is 2. The van der Waals surface area contributed by atoms with Crippen molar-refractivity contribution < 1.29 is 58.7 Å². The Kier molecular flexibility index (Phi) is 17.2. The lowest BCUT2D eigenvalue weighted by molar-refractivity contribution is -0.167. The van der Waals surface area contributed by atoms with E-state index in [1.54, 1.807) is 20.8 Å². The molecule has 234 valence electrons. The van der Waals surface area contributed by atoms with E-state index in [0.29, 0.717) is 10.1 Å². The maximum absolute atomic E-state index is 12.0. The van der Waals surface area contributed by atoms with Crippen LogP contribution in [0.4, 0.5) is 4.79 Å². The van der Waals surface area contributed by atoms with Crippen molar-refractivity contribution in [2.45, 2.75) is 58.5 Å². The van der Waals surface area contributed by atoms with Crippen LogP contribution in [0.15, 0.2) is 0 Å². The fraction of sp³-hybridized carbons (Fsp3) is 0.696. The summed E-state index contributed by atoms with van der Waals surface area (Å²) >= 11 is 0. The highest BCUT2D eigenvalue weighted by molar-refractivity contribution is 5.83. The molecule has 0 saturated carbocycles. The van der Waals surface area contributed by atoms with Gasteiger partial charge < -0.3 is 25.4 Å². The van der Waals surface area contributed by atoms with Crippen LogP contribution in [0.5, 0.6) is 0 Å². The van der Waals surface area contributed by atoms with Gasteiger partial charge in [-0.1, -0.05) is 0 Å². The van der Waals surface area contributed by atoms with Gasteiger partial charge in [-0.3, -0.25) is 44.4 Å². The number of amides is 6. The topological polar surface area (TPSA) is 244 Å². The Labute approximate surface area is 236 Å². The van der Waals surface area contributed by atoms with Crippen LogP contribution in [0, 0.1) is 0 Å². The second-order valence-electron chi connectivity index (χ2n) is 9.43. The van der Waals surface area contributed by atoms with Crippen LogP contribution in [0.1, 0.15) is 52.9 Å². The lowest BCUT2D eigenvalue weighted by atomic mass is 10.2. The number of carbonyl (C=O) groups is 7. The Morgan fingerprint density at radius 2 is 1.05 bits per heavy atom. The molecular weight excluding hydrogens is 552 g/mol. The summed E-state index contributed by atoms with van der Waals surface area (Å²) < 4.78 is 9.34. The first-order chi connectivity index (χ1) is 19.0. The molecule has 0 rings (SSSR count). The Bertz CT molecular complexity index is 923. The third-order valence-electron chi connectivity index (χ3n) is 4.83. The van der Waals surface area contributed by atoms with Gasteiger partial charge in [0.25, 0.3) is 5.91 Å². The first-order valence-electron chi connectivity index (χ1n) is 12.6. The zero-order valence-electron chi connectivity index (χ0n) is 23.6. The van der Waals surface area contributed by atoms with Gasteiger partial charge in [0.2, 0.25) is 23.6 Å². The summed E-state index contributed by atoms with van der Waals surface area (Å²) in [6.45, 7) is 3.04. The molecule has 0 aromatic rings. The van der Waals surface area contributed by atoms with E-state index in [4.69, 9.17) is 4.74 Å². The number of carbonyl (C=O) groups excluding carboxylic acids is 7. The summed E-state index contributed by atoms with van der Waals surface area (Å²) in [5.74, 6) is -4.19. The lowest BCUT2D eigenvalue weighted by Crippen LogP contribution is -2.42. The molecule has 18 heteroatoms. The summed E-state index contributed by atoms with van der Waals surface area (Å²) in [5, 5.41) is 36.8. The van der Waals surface area contributed by atoms with Crippen molar-refractivity contribution in [2.75, 3.05) is 46.4 Å². The summed E-state index contributed by atoms with van der Waals surface area (Å²) in [4.78, 5) is 81.7. The second kappa shape index (κ2) is 19.1. The van der Waals surface area contributed by atoms with Gasteiger partial charge in [0.05, 0.1) is 33.2 Å². The monoisotopic (exact) mass is 592 g/mol. The van der Waals surface area contributed by atoms with E-state index in [1.165, 1.54) is 7.11 Å². The minimum atomic E-state index is -0.878. The molecule has 0 aromatic carbocycles. The van der Waals surface area contributed by atoms with Gasteiger partial charge >= 0.3 is 12.1 Å². The predicted molar refractivity (Wildman–Crippen MR) is 136 cm³/mol. The molecule has 0 radical (unpaired) electrons. The van der Waals surface area contributed by atoms with Crippen molar-refractivity contribution in [1.29, 1.82) is 0 Å². The smallest absolute Gasteiger partial charge is 0.408 e. The summed E-state index contributed by atoms with van der Waals surface area (Å²) in [5.41, 5.74) is -0.768. The molecule has 0 aromatic heterocycles. The normalized spacial score (nSPS) is 10.6. The number of hydrogen-bond acceptors (Lipinski definition) is 12. The van der Waals surface area contributed by atoms with E-state index in [9.17, 15) is 49.2 Å². The minimum absolute atomic E-state index is 0.129. The van der Waals surface area contributed by atoms with Crippen LogP contribution in [0.2, 0.25) is 0 Å².